The van der Waals surface area contributed by atoms with Gasteiger partial charge in [-0.3, -0.25) is 33.9 Å². The molecule has 2 aliphatic heterocycles. The smallest absolute Gasteiger partial charge is 0.308 e. The summed E-state index contributed by atoms with van der Waals surface area (Å²) < 4.78 is 6.68. The van der Waals surface area contributed by atoms with Crippen LogP contribution in [0.15, 0.2) is 101 Å². The van der Waals surface area contributed by atoms with Crippen LogP contribution < -0.4 is 19.8 Å². The number of rotatable bonds is 7. The van der Waals surface area contributed by atoms with E-state index in [4.69, 9.17) is 4.74 Å². The standard InChI is InChI=1S/C33H24N4O7S2/c1-44-22-15-9-19(10-16-22)26-27-28(31(40)36(30(27)39)20-11-13-21(14-12-20)37(42)43)45-32-29(26)46-33(41)35(32)17-25(38)34-24-8-4-6-18-5-2-3-7-23(18)24/h2-16,26-28H,17H2,1H3,(H,34,38)/t26-,27?,28?/m1/s1. The van der Waals surface area contributed by atoms with Crippen molar-refractivity contribution in [3.05, 3.63) is 121 Å². The topological polar surface area (TPSA) is 141 Å². The van der Waals surface area contributed by atoms with Crippen LogP contribution in [0, 0.1) is 16.0 Å². The molecule has 2 aliphatic rings. The Kier molecular flexibility index (Phi) is 7.41. The lowest BCUT2D eigenvalue weighted by atomic mass is 9.83. The van der Waals surface area contributed by atoms with Crippen molar-refractivity contribution >= 4 is 68.7 Å². The Labute approximate surface area is 269 Å². The molecule has 0 spiro atoms. The highest BCUT2D eigenvalue weighted by Crippen LogP contribution is 2.54. The Bertz CT molecular complexity index is 2100. The summed E-state index contributed by atoms with van der Waals surface area (Å²) in [6, 6.07) is 25.5. The van der Waals surface area contributed by atoms with Crippen LogP contribution in [-0.2, 0) is 20.9 Å². The van der Waals surface area contributed by atoms with Gasteiger partial charge in [-0.25, -0.2) is 4.90 Å². The van der Waals surface area contributed by atoms with Crippen LogP contribution >= 0.6 is 23.1 Å². The molecule has 3 amide bonds. The van der Waals surface area contributed by atoms with Crippen LogP contribution in [0.25, 0.3) is 10.8 Å². The molecule has 11 nitrogen and oxygen atoms in total. The van der Waals surface area contributed by atoms with E-state index in [2.05, 4.69) is 5.32 Å². The van der Waals surface area contributed by atoms with Crippen molar-refractivity contribution in [3.8, 4) is 5.75 Å². The number of amides is 3. The summed E-state index contributed by atoms with van der Waals surface area (Å²) in [6.07, 6.45) is 0. The minimum absolute atomic E-state index is 0.168. The predicted octanol–water partition coefficient (Wildman–Crippen LogP) is 5.41. The molecule has 1 aromatic heterocycles. The van der Waals surface area contributed by atoms with E-state index < -0.39 is 39.7 Å². The lowest BCUT2D eigenvalue weighted by Crippen LogP contribution is -2.33. The maximum atomic E-state index is 14.1. The van der Waals surface area contributed by atoms with Crippen molar-refractivity contribution in [2.45, 2.75) is 22.7 Å². The third-order valence-corrected chi connectivity index (χ3v) is 10.8. The number of imide groups is 1. The second-order valence-corrected chi connectivity index (χ2v) is 12.9. The molecule has 230 valence electrons. The molecular weight excluding hydrogens is 629 g/mol. The lowest BCUT2D eigenvalue weighted by Gasteiger charge is -2.30. The van der Waals surface area contributed by atoms with Gasteiger partial charge < -0.3 is 10.1 Å². The average Bonchev–Trinajstić information content (AvgIpc) is 3.51. The van der Waals surface area contributed by atoms with Crippen molar-refractivity contribution in [3.63, 3.8) is 0 Å². The fourth-order valence-electron chi connectivity index (χ4n) is 6.07. The monoisotopic (exact) mass is 652 g/mol. The molecule has 1 N–H and O–H groups in total. The van der Waals surface area contributed by atoms with Crippen LogP contribution in [0.3, 0.4) is 0 Å². The number of methoxy groups -OCH3 is 1. The highest BCUT2D eigenvalue weighted by Gasteiger charge is 2.56. The number of nitrogens with one attached hydrogen (secondary N) is 1. The maximum Gasteiger partial charge on any atom is 0.308 e. The summed E-state index contributed by atoms with van der Waals surface area (Å²) >= 11 is 2.05. The van der Waals surface area contributed by atoms with Gasteiger partial charge in [-0.2, -0.15) is 0 Å². The van der Waals surface area contributed by atoms with E-state index in [0.717, 1.165) is 38.8 Å². The van der Waals surface area contributed by atoms with E-state index in [1.165, 1.54) is 35.9 Å². The Morgan fingerprint density at radius 1 is 0.935 bits per heavy atom. The fourth-order valence-corrected chi connectivity index (χ4v) is 8.84. The molecule has 0 radical (unpaired) electrons. The summed E-state index contributed by atoms with van der Waals surface area (Å²) in [5, 5.41) is 15.5. The molecule has 7 rings (SSSR count). The third kappa shape index (κ3) is 4.93. The molecule has 1 saturated heterocycles. The summed E-state index contributed by atoms with van der Waals surface area (Å²) in [7, 11) is 1.54. The van der Waals surface area contributed by atoms with Gasteiger partial charge in [0.1, 0.15) is 17.5 Å². The Morgan fingerprint density at radius 2 is 1.65 bits per heavy atom. The Balaban J connectivity index is 1.27. The van der Waals surface area contributed by atoms with Gasteiger partial charge in [0.05, 0.1) is 28.7 Å². The van der Waals surface area contributed by atoms with Crippen molar-refractivity contribution in [2.24, 2.45) is 5.92 Å². The first-order chi connectivity index (χ1) is 22.2. The SMILES string of the molecule is COc1ccc([C@H]2c3sc(=O)n(CC(=O)Nc4cccc5ccccc45)c3SC3C(=O)N(c4ccc([N+](=O)[O-])cc4)C(=O)C32)cc1. The number of non-ortho nitro benzene ring substituents is 1. The van der Waals surface area contributed by atoms with E-state index in [-0.39, 0.29) is 22.8 Å². The molecule has 13 heteroatoms. The molecule has 46 heavy (non-hydrogen) atoms. The van der Waals surface area contributed by atoms with Gasteiger partial charge in [0.15, 0.2) is 0 Å². The second-order valence-electron chi connectivity index (χ2n) is 10.8. The van der Waals surface area contributed by atoms with E-state index in [1.807, 2.05) is 36.4 Å². The zero-order chi connectivity index (χ0) is 32.1. The summed E-state index contributed by atoms with van der Waals surface area (Å²) in [5.74, 6) is -2.30. The number of hydrogen-bond acceptors (Lipinski definition) is 9. The highest BCUT2D eigenvalue weighted by atomic mass is 32.2. The minimum Gasteiger partial charge on any atom is -0.497 e. The molecule has 5 aromatic rings. The number of hydrogen-bond donors (Lipinski definition) is 1. The van der Waals surface area contributed by atoms with Gasteiger partial charge in [0.2, 0.25) is 17.7 Å². The second kappa shape index (κ2) is 11.6. The zero-order valence-electron chi connectivity index (χ0n) is 24.1. The average molecular weight is 653 g/mol. The first-order valence-electron chi connectivity index (χ1n) is 14.2. The van der Waals surface area contributed by atoms with E-state index in [1.54, 1.807) is 30.3 Å². The van der Waals surface area contributed by atoms with Crippen LogP contribution in [0.2, 0.25) is 0 Å². The van der Waals surface area contributed by atoms with Crippen LogP contribution in [0.5, 0.6) is 5.75 Å². The Hall–Kier alpha value is -5.27. The number of nitrogens with zero attached hydrogens (tertiary/aromatic N) is 3. The van der Waals surface area contributed by atoms with Gasteiger partial charge in [-0.05, 0) is 41.3 Å². The quantitative estimate of drug-likeness (QED) is 0.140. The van der Waals surface area contributed by atoms with Gasteiger partial charge in [0.25, 0.3) is 5.69 Å². The molecular formula is C33H24N4O7S2. The molecule has 4 aromatic carbocycles. The number of anilines is 2. The first-order valence-corrected chi connectivity index (χ1v) is 15.9. The number of nitro groups is 1. The van der Waals surface area contributed by atoms with Crippen molar-refractivity contribution in [2.75, 3.05) is 17.3 Å². The fraction of sp³-hybridized carbons (Fsp3) is 0.152. The summed E-state index contributed by atoms with van der Waals surface area (Å²) in [6.45, 7) is -0.290. The Morgan fingerprint density at radius 3 is 2.37 bits per heavy atom. The number of carbonyl (C=O) groups excluding carboxylic acids is 3. The number of thioether (sulfide) groups is 1. The predicted molar refractivity (Wildman–Crippen MR) is 175 cm³/mol. The molecule has 2 unspecified atom stereocenters. The summed E-state index contributed by atoms with van der Waals surface area (Å²) in [5.41, 5.74) is 1.37. The molecule has 1 fully saturated rings. The molecule has 3 atom stereocenters. The summed E-state index contributed by atoms with van der Waals surface area (Å²) in [4.78, 5) is 66.7. The largest absolute Gasteiger partial charge is 0.497 e. The zero-order valence-corrected chi connectivity index (χ0v) is 25.7. The maximum absolute atomic E-state index is 14.1. The molecule has 3 heterocycles. The molecule has 0 saturated carbocycles. The third-order valence-electron chi connectivity index (χ3n) is 8.21. The lowest BCUT2D eigenvalue weighted by molar-refractivity contribution is -0.384. The minimum atomic E-state index is -0.899. The van der Waals surface area contributed by atoms with Gasteiger partial charge in [-0.1, -0.05) is 71.6 Å². The first kappa shape index (κ1) is 29.4. The number of benzene rings is 4. The van der Waals surface area contributed by atoms with Gasteiger partial charge in [0, 0.05) is 34.0 Å². The number of ether oxygens (including phenoxy) is 1. The molecule has 0 bridgehead atoms. The van der Waals surface area contributed by atoms with Crippen LogP contribution in [0.1, 0.15) is 16.4 Å². The van der Waals surface area contributed by atoms with Gasteiger partial charge >= 0.3 is 4.87 Å². The van der Waals surface area contributed by atoms with Crippen molar-refractivity contribution in [1.29, 1.82) is 0 Å². The van der Waals surface area contributed by atoms with Crippen LogP contribution in [-0.4, -0.2) is 39.6 Å². The normalized spacial score (nSPS) is 18.7. The van der Waals surface area contributed by atoms with E-state index in [0.29, 0.717) is 26.9 Å². The van der Waals surface area contributed by atoms with Crippen LogP contribution in [0.4, 0.5) is 17.1 Å². The molecule has 0 aliphatic carbocycles. The number of carbonyl (C=O) groups is 3. The van der Waals surface area contributed by atoms with E-state index >= 15 is 0 Å². The number of aromatic nitrogens is 1. The number of nitro benzene ring substituents is 1. The number of fused-ring (bicyclic) bond motifs is 3. The van der Waals surface area contributed by atoms with Crippen molar-refractivity contribution in [1.82, 2.24) is 4.57 Å². The highest BCUT2D eigenvalue weighted by molar-refractivity contribution is 8.00. The number of thiazole rings is 1. The van der Waals surface area contributed by atoms with Crippen molar-refractivity contribution < 1.29 is 24.0 Å². The van der Waals surface area contributed by atoms with Gasteiger partial charge in [-0.15, -0.1) is 0 Å². The van der Waals surface area contributed by atoms with E-state index in [9.17, 15) is 29.3 Å².